The van der Waals surface area contributed by atoms with Crippen molar-refractivity contribution in [1.82, 2.24) is 14.8 Å². The number of aromatic hydroxyl groups is 1. The molecule has 32 heavy (non-hydrogen) atoms. The van der Waals surface area contributed by atoms with E-state index in [1.807, 2.05) is 37.3 Å². The second-order valence-corrected chi connectivity index (χ2v) is 8.82. The number of thioether (sulfide) groups is 1. The first kappa shape index (κ1) is 22.0. The normalized spacial score (nSPS) is 10.8. The van der Waals surface area contributed by atoms with Crippen molar-refractivity contribution in [1.29, 1.82) is 0 Å². The summed E-state index contributed by atoms with van der Waals surface area (Å²) in [5, 5.41) is 22.0. The van der Waals surface area contributed by atoms with Crippen LogP contribution in [-0.2, 0) is 4.79 Å². The average Bonchev–Trinajstić information content (AvgIpc) is 3.21. The van der Waals surface area contributed by atoms with Gasteiger partial charge in [0.2, 0.25) is 5.91 Å². The molecule has 9 heteroatoms. The zero-order valence-corrected chi connectivity index (χ0v) is 19.3. The molecule has 0 bridgehead atoms. The number of halogens is 2. The second-order valence-electron chi connectivity index (χ2n) is 6.96. The number of hydrogen-bond acceptors (Lipinski definition) is 5. The summed E-state index contributed by atoms with van der Waals surface area (Å²) in [6, 6.07) is 19.0. The van der Waals surface area contributed by atoms with Gasteiger partial charge in [0.05, 0.1) is 17.0 Å². The number of phenolic OH excluding ortho intramolecular Hbond substituents is 1. The number of aromatic nitrogens is 3. The third kappa shape index (κ3) is 4.84. The summed E-state index contributed by atoms with van der Waals surface area (Å²) in [5.41, 5.74) is 2.25. The molecule has 1 amide bonds. The van der Waals surface area contributed by atoms with Gasteiger partial charge in [0, 0.05) is 10.2 Å². The number of benzene rings is 3. The molecule has 162 valence electrons. The van der Waals surface area contributed by atoms with E-state index in [1.165, 1.54) is 17.8 Å². The lowest BCUT2D eigenvalue weighted by atomic mass is 10.2. The van der Waals surface area contributed by atoms with Crippen molar-refractivity contribution in [3.63, 3.8) is 0 Å². The van der Waals surface area contributed by atoms with Crippen LogP contribution < -0.4 is 5.32 Å². The third-order valence-electron chi connectivity index (χ3n) is 4.58. The van der Waals surface area contributed by atoms with Crippen LogP contribution >= 0.6 is 27.7 Å². The summed E-state index contributed by atoms with van der Waals surface area (Å²) < 4.78 is 16.5. The quantitative estimate of drug-likeness (QED) is 0.329. The first-order valence-electron chi connectivity index (χ1n) is 9.61. The lowest BCUT2D eigenvalue weighted by Crippen LogP contribution is -2.15. The van der Waals surface area contributed by atoms with Crippen molar-refractivity contribution in [2.75, 3.05) is 11.1 Å². The van der Waals surface area contributed by atoms with Gasteiger partial charge in [-0.3, -0.25) is 9.36 Å². The Hall–Kier alpha value is -3.17. The van der Waals surface area contributed by atoms with Crippen molar-refractivity contribution in [2.24, 2.45) is 0 Å². The Bertz CT molecular complexity index is 1280. The van der Waals surface area contributed by atoms with E-state index in [1.54, 1.807) is 34.9 Å². The highest BCUT2D eigenvalue weighted by Gasteiger charge is 2.20. The molecule has 0 aliphatic carbocycles. The minimum Gasteiger partial charge on any atom is -0.507 e. The minimum absolute atomic E-state index is 0.00279. The molecule has 6 nitrogen and oxygen atoms in total. The molecule has 0 spiro atoms. The number of amides is 1. The Morgan fingerprint density at radius 2 is 1.91 bits per heavy atom. The van der Waals surface area contributed by atoms with E-state index in [9.17, 15) is 14.3 Å². The van der Waals surface area contributed by atoms with Gasteiger partial charge in [0.1, 0.15) is 11.6 Å². The van der Waals surface area contributed by atoms with Crippen molar-refractivity contribution in [3.8, 4) is 22.8 Å². The Kier molecular flexibility index (Phi) is 6.57. The van der Waals surface area contributed by atoms with Crippen molar-refractivity contribution < 1.29 is 14.3 Å². The van der Waals surface area contributed by atoms with Crippen LogP contribution in [-0.4, -0.2) is 31.5 Å². The standard InChI is InChI=1S/C23H18BrFN4O2S/c1-14-7-9-18(25)19(11-14)26-21(31)13-32-23-28-27-22(17-12-15(24)8-10-20(17)30)29(23)16-5-3-2-4-6-16/h2-12,30H,13H2,1H3,(H,26,31). The number of rotatable bonds is 6. The number of aryl methyl sites for hydroxylation is 1. The number of nitrogens with zero attached hydrogens (tertiary/aromatic N) is 3. The summed E-state index contributed by atoms with van der Waals surface area (Å²) >= 11 is 4.58. The molecule has 0 fully saturated rings. The summed E-state index contributed by atoms with van der Waals surface area (Å²) in [6.45, 7) is 1.82. The van der Waals surface area contributed by atoms with Gasteiger partial charge in [-0.2, -0.15) is 0 Å². The Morgan fingerprint density at radius 3 is 2.69 bits per heavy atom. The second kappa shape index (κ2) is 9.54. The molecule has 2 N–H and O–H groups in total. The molecule has 0 radical (unpaired) electrons. The van der Waals surface area contributed by atoms with E-state index >= 15 is 0 Å². The maximum Gasteiger partial charge on any atom is 0.234 e. The molecule has 0 aliphatic rings. The lowest BCUT2D eigenvalue weighted by Gasteiger charge is -2.12. The molecule has 1 heterocycles. The topological polar surface area (TPSA) is 80.0 Å². The molecule has 0 aliphatic heterocycles. The van der Waals surface area contributed by atoms with E-state index in [0.717, 1.165) is 15.7 Å². The fourth-order valence-electron chi connectivity index (χ4n) is 3.09. The highest BCUT2D eigenvalue weighted by atomic mass is 79.9. The van der Waals surface area contributed by atoms with Crippen LogP contribution in [0.25, 0.3) is 17.1 Å². The molecular formula is C23H18BrFN4O2S. The first-order chi connectivity index (χ1) is 15.4. The molecule has 1 aromatic heterocycles. The predicted molar refractivity (Wildman–Crippen MR) is 127 cm³/mol. The Morgan fingerprint density at radius 1 is 1.12 bits per heavy atom. The van der Waals surface area contributed by atoms with Gasteiger partial charge in [0.15, 0.2) is 11.0 Å². The van der Waals surface area contributed by atoms with Gasteiger partial charge in [-0.05, 0) is 55.0 Å². The molecule has 0 saturated heterocycles. The van der Waals surface area contributed by atoms with E-state index in [2.05, 4.69) is 31.4 Å². The van der Waals surface area contributed by atoms with Crippen LogP contribution in [0.5, 0.6) is 5.75 Å². The maximum atomic E-state index is 14.0. The SMILES string of the molecule is Cc1ccc(F)c(NC(=O)CSc2nnc(-c3cc(Br)ccc3O)n2-c2ccccc2)c1. The largest absolute Gasteiger partial charge is 0.507 e. The van der Waals surface area contributed by atoms with Crippen molar-refractivity contribution >= 4 is 39.3 Å². The van der Waals surface area contributed by atoms with Crippen molar-refractivity contribution in [2.45, 2.75) is 12.1 Å². The van der Waals surface area contributed by atoms with E-state index in [0.29, 0.717) is 16.5 Å². The van der Waals surface area contributed by atoms with Gasteiger partial charge in [-0.25, -0.2) is 4.39 Å². The third-order valence-corrected chi connectivity index (χ3v) is 6.00. The highest BCUT2D eigenvalue weighted by molar-refractivity contribution is 9.10. The van der Waals surface area contributed by atoms with Gasteiger partial charge in [0.25, 0.3) is 0 Å². The van der Waals surface area contributed by atoms with Crippen molar-refractivity contribution in [3.05, 3.63) is 82.6 Å². The van der Waals surface area contributed by atoms with Crippen LogP contribution in [0.15, 0.2) is 76.4 Å². The zero-order chi connectivity index (χ0) is 22.7. The fourth-order valence-corrected chi connectivity index (χ4v) is 4.20. The summed E-state index contributed by atoms with van der Waals surface area (Å²) in [4.78, 5) is 12.5. The van der Waals surface area contributed by atoms with E-state index in [4.69, 9.17) is 0 Å². The number of carbonyl (C=O) groups is 1. The lowest BCUT2D eigenvalue weighted by molar-refractivity contribution is -0.113. The highest BCUT2D eigenvalue weighted by Crippen LogP contribution is 2.34. The Balaban J connectivity index is 1.63. The predicted octanol–water partition coefficient (Wildman–Crippen LogP) is 5.58. The first-order valence-corrected chi connectivity index (χ1v) is 11.4. The zero-order valence-electron chi connectivity index (χ0n) is 16.9. The maximum absolute atomic E-state index is 14.0. The van der Waals surface area contributed by atoms with Crippen LogP contribution in [0.1, 0.15) is 5.56 Å². The monoisotopic (exact) mass is 512 g/mol. The summed E-state index contributed by atoms with van der Waals surface area (Å²) in [5.74, 6) is -0.365. The molecule has 0 saturated carbocycles. The van der Waals surface area contributed by atoms with Gasteiger partial charge >= 0.3 is 0 Å². The summed E-state index contributed by atoms with van der Waals surface area (Å²) in [6.07, 6.45) is 0. The average molecular weight is 513 g/mol. The summed E-state index contributed by atoms with van der Waals surface area (Å²) in [7, 11) is 0. The van der Waals surface area contributed by atoms with Gasteiger partial charge in [-0.1, -0.05) is 52.0 Å². The number of para-hydroxylation sites is 1. The molecule has 4 aromatic rings. The molecule has 3 aromatic carbocycles. The van der Waals surface area contributed by atoms with Crippen LogP contribution in [0.3, 0.4) is 0 Å². The van der Waals surface area contributed by atoms with Crippen LogP contribution in [0.2, 0.25) is 0 Å². The number of phenols is 1. The molecule has 4 rings (SSSR count). The number of nitrogens with one attached hydrogen (secondary N) is 1. The van der Waals surface area contributed by atoms with E-state index in [-0.39, 0.29) is 23.1 Å². The Labute approximate surface area is 196 Å². The molecular weight excluding hydrogens is 495 g/mol. The van der Waals surface area contributed by atoms with Crippen LogP contribution in [0.4, 0.5) is 10.1 Å². The fraction of sp³-hybridized carbons (Fsp3) is 0.0870. The van der Waals surface area contributed by atoms with Gasteiger partial charge < -0.3 is 10.4 Å². The minimum atomic E-state index is -0.492. The molecule has 0 atom stereocenters. The molecule has 0 unspecified atom stereocenters. The number of anilines is 1. The number of carbonyl (C=O) groups excluding carboxylic acids is 1. The number of hydrogen-bond donors (Lipinski definition) is 2. The van der Waals surface area contributed by atoms with Crippen LogP contribution in [0, 0.1) is 12.7 Å². The smallest absolute Gasteiger partial charge is 0.234 e. The van der Waals surface area contributed by atoms with E-state index < -0.39 is 5.82 Å². The van der Waals surface area contributed by atoms with Gasteiger partial charge in [-0.15, -0.1) is 10.2 Å².